The first kappa shape index (κ1) is 17.4. The minimum atomic E-state index is -4.71. The maximum atomic E-state index is 12.7. The number of hydrogen-bond donors (Lipinski definition) is 0. The minimum absolute atomic E-state index is 0.0521. The van der Waals surface area contributed by atoms with Gasteiger partial charge in [-0.25, -0.2) is 0 Å². The molecule has 116 valence electrons. The van der Waals surface area contributed by atoms with Gasteiger partial charge in [0.15, 0.2) is 0 Å². The summed E-state index contributed by atoms with van der Waals surface area (Å²) in [5, 5.41) is 10.4. The van der Waals surface area contributed by atoms with Crippen molar-refractivity contribution in [2.75, 3.05) is 0 Å². The first-order chi connectivity index (χ1) is 9.52. The number of nitro groups is 1. The van der Waals surface area contributed by atoms with Crippen molar-refractivity contribution in [3.8, 4) is 0 Å². The van der Waals surface area contributed by atoms with Crippen molar-refractivity contribution in [3.05, 3.63) is 39.4 Å². The van der Waals surface area contributed by atoms with Crippen LogP contribution in [0, 0.1) is 10.1 Å². The summed E-state index contributed by atoms with van der Waals surface area (Å²) in [6.45, 7) is 4.64. The van der Waals surface area contributed by atoms with Crippen LogP contribution in [0.25, 0.3) is 0 Å². The number of nitrogens with zero attached hydrogens (tertiary/aromatic N) is 2. The third-order valence-electron chi connectivity index (χ3n) is 2.50. The van der Waals surface area contributed by atoms with E-state index >= 15 is 0 Å². The molecule has 1 rings (SSSR count). The van der Waals surface area contributed by atoms with Crippen LogP contribution in [0.5, 0.6) is 0 Å². The lowest BCUT2D eigenvalue weighted by Gasteiger charge is -2.10. The van der Waals surface area contributed by atoms with Crippen LogP contribution in [0.3, 0.4) is 0 Å². The van der Waals surface area contributed by atoms with Gasteiger partial charge in [-0.1, -0.05) is 4.40 Å². The first-order valence-electron chi connectivity index (χ1n) is 5.85. The standard InChI is InChI=1S/C12H13F3N2O3S/c1-7(2)21(20)16-8(3)9-4-10(12(13,14)15)6-11(5-9)17(18)19/h4-7H,1-3H3. The second kappa shape index (κ2) is 6.44. The highest BCUT2D eigenvalue weighted by atomic mass is 32.2. The van der Waals surface area contributed by atoms with E-state index in [-0.39, 0.29) is 16.5 Å². The summed E-state index contributed by atoms with van der Waals surface area (Å²) >= 11 is -1.61. The summed E-state index contributed by atoms with van der Waals surface area (Å²) in [6, 6.07) is 2.19. The summed E-state index contributed by atoms with van der Waals surface area (Å²) in [5.74, 6) is 0. The monoisotopic (exact) mass is 322 g/mol. The Labute approximate surface area is 122 Å². The zero-order valence-electron chi connectivity index (χ0n) is 11.5. The molecule has 1 aromatic rings. The molecule has 21 heavy (non-hydrogen) atoms. The highest BCUT2D eigenvalue weighted by Gasteiger charge is 2.33. The van der Waals surface area contributed by atoms with Crippen molar-refractivity contribution >= 4 is 22.8 Å². The van der Waals surface area contributed by atoms with E-state index in [0.717, 1.165) is 12.1 Å². The largest absolute Gasteiger partial charge is 0.591 e. The van der Waals surface area contributed by atoms with E-state index in [0.29, 0.717) is 6.07 Å². The van der Waals surface area contributed by atoms with Gasteiger partial charge >= 0.3 is 6.18 Å². The fourth-order valence-electron chi connectivity index (χ4n) is 1.38. The van der Waals surface area contributed by atoms with Crippen LogP contribution in [-0.2, 0) is 17.5 Å². The molecule has 0 heterocycles. The molecule has 0 bridgehead atoms. The molecule has 0 saturated heterocycles. The van der Waals surface area contributed by atoms with Gasteiger partial charge in [-0.15, -0.1) is 0 Å². The van der Waals surface area contributed by atoms with Gasteiger partial charge in [-0.05, 0) is 26.8 Å². The van der Waals surface area contributed by atoms with Gasteiger partial charge in [0.1, 0.15) is 5.25 Å². The number of non-ortho nitro benzene ring substituents is 1. The van der Waals surface area contributed by atoms with Crippen molar-refractivity contribution in [2.24, 2.45) is 4.40 Å². The van der Waals surface area contributed by atoms with Gasteiger partial charge in [-0.2, -0.15) is 13.2 Å². The Bertz CT molecular complexity index is 573. The SMILES string of the molecule is CC(=N[S+]([O-])C(C)C)c1cc([N+](=O)[O-])cc(C(F)(F)F)c1. The first-order valence-corrected chi connectivity index (χ1v) is 7.02. The number of alkyl halides is 3. The second-order valence-electron chi connectivity index (χ2n) is 4.53. The van der Waals surface area contributed by atoms with E-state index in [1.165, 1.54) is 6.92 Å². The fraction of sp³-hybridized carbons (Fsp3) is 0.417. The molecule has 0 radical (unpaired) electrons. The Hall–Kier alpha value is -1.61. The average molecular weight is 322 g/mol. The van der Waals surface area contributed by atoms with Crippen molar-refractivity contribution < 1.29 is 22.6 Å². The molecule has 1 atom stereocenters. The molecular formula is C12H13F3N2O3S. The zero-order chi connectivity index (χ0) is 16.4. The molecule has 0 aliphatic rings. The molecule has 0 aliphatic heterocycles. The Kier molecular flexibility index (Phi) is 5.35. The third-order valence-corrected chi connectivity index (χ3v) is 3.76. The lowest BCUT2D eigenvalue weighted by molar-refractivity contribution is -0.385. The number of benzene rings is 1. The summed E-state index contributed by atoms with van der Waals surface area (Å²) in [5.41, 5.74) is -1.86. The summed E-state index contributed by atoms with van der Waals surface area (Å²) in [6.07, 6.45) is -4.71. The number of halogens is 3. The average Bonchev–Trinajstić information content (AvgIpc) is 2.36. The van der Waals surface area contributed by atoms with Crippen LogP contribution in [0.1, 0.15) is 31.9 Å². The van der Waals surface area contributed by atoms with Gasteiger partial charge in [0, 0.05) is 17.7 Å². The molecule has 0 fully saturated rings. The molecule has 1 aromatic carbocycles. The Morgan fingerprint density at radius 2 is 1.90 bits per heavy atom. The van der Waals surface area contributed by atoms with Crippen LogP contribution in [0.4, 0.5) is 18.9 Å². The molecule has 0 saturated carbocycles. The van der Waals surface area contributed by atoms with Crippen LogP contribution in [0.15, 0.2) is 22.6 Å². The predicted octanol–water partition coefficient (Wildman–Crippen LogP) is 3.49. The second-order valence-corrected chi connectivity index (χ2v) is 6.20. The Morgan fingerprint density at radius 3 is 2.33 bits per heavy atom. The van der Waals surface area contributed by atoms with E-state index in [9.17, 15) is 27.8 Å². The highest BCUT2D eigenvalue weighted by molar-refractivity contribution is 7.90. The van der Waals surface area contributed by atoms with E-state index in [4.69, 9.17) is 0 Å². The van der Waals surface area contributed by atoms with Crippen molar-refractivity contribution in [3.63, 3.8) is 0 Å². The highest BCUT2D eigenvalue weighted by Crippen LogP contribution is 2.32. The Morgan fingerprint density at radius 1 is 1.33 bits per heavy atom. The lowest BCUT2D eigenvalue weighted by Crippen LogP contribution is -2.14. The zero-order valence-corrected chi connectivity index (χ0v) is 12.3. The summed E-state index contributed by atoms with van der Waals surface area (Å²) in [4.78, 5) is 9.81. The summed E-state index contributed by atoms with van der Waals surface area (Å²) < 4.78 is 53.6. The van der Waals surface area contributed by atoms with Crippen LogP contribution < -0.4 is 0 Å². The number of hydrogen-bond acceptors (Lipinski definition) is 4. The minimum Gasteiger partial charge on any atom is -0.591 e. The normalized spacial score (nSPS) is 14.4. The van der Waals surface area contributed by atoms with Gasteiger partial charge in [-0.3, -0.25) is 10.1 Å². The van der Waals surface area contributed by atoms with Crippen LogP contribution in [0.2, 0.25) is 0 Å². The number of rotatable bonds is 4. The molecule has 0 amide bonds. The van der Waals surface area contributed by atoms with Gasteiger partial charge in [0.05, 0.1) is 27.6 Å². The maximum Gasteiger partial charge on any atom is 0.416 e. The van der Waals surface area contributed by atoms with Crippen molar-refractivity contribution in [2.45, 2.75) is 32.2 Å². The van der Waals surface area contributed by atoms with Gasteiger partial charge < -0.3 is 4.55 Å². The molecule has 0 aliphatic carbocycles. The van der Waals surface area contributed by atoms with E-state index in [1.807, 2.05) is 0 Å². The third kappa shape index (κ3) is 4.71. The van der Waals surface area contributed by atoms with E-state index < -0.39 is 33.7 Å². The predicted molar refractivity (Wildman–Crippen MR) is 73.6 cm³/mol. The molecule has 5 nitrogen and oxygen atoms in total. The molecule has 0 N–H and O–H groups in total. The quantitative estimate of drug-likeness (QED) is 0.368. The molecule has 0 spiro atoms. The van der Waals surface area contributed by atoms with E-state index in [2.05, 4.69) is 4.40 Å². The molecule has 1 unspecified atom stereocenters. The van der Waals surface area contributed by atoms with Crippen LogP contribution in [-0.4, -0.2) is 20.4 Å². The number of nitro benzene ring substituents is 1. The van der Waals surface area contributed by atoms with Crippen molar-refractivity contribution in [1.82, 2.24) is 0 Å². The van der Waals surface area contributed by atoms with E-state index in [1.54, 1.807) is 13.8 Å². The maximum absolute atomic E-state index is 12.7. The molecular weight excluding hydrogens is 309 g/mol. The lowest BCUT2D eigenvalue weighted by atomic mass is 10.1. The molecule has 0 aromatic heterocycles. The summed E-state index contributed by atoms with van der Waals surface area (Å²) in [7, 11) is 0. The molecule has 9 heteroatoms. The smallest absolute Gasteiger partial charge is 0.416 e. The topological polar surface area (TPSA) is 78.6 Å². The van der Waals surface area contributed by atoms with Crippen LogP contribution >= 0.6 is 0 Å². The van der Waals surface area contributed by atoms with Gasteiger partial charge in [0.2, 0.25) is 0 Å². The van der Waals surface area contributed by atoms with Gasteiger partial charge in [0.25, 0.3) is 5.69 Å². The Balaban J connectivity index is 3.35. The van der Waals surface area contributed by atoms with Crippen molar-refractivity contribution in [1.29, 1.82) is 0 Å². The fourth-order valence-corrected chi connectivity index (χ4v) is 1.97.